The molecule has 19 heavy (non-hydrogen) atoms. The van der Waals surface area contributed by atoms with E-state index in [2.05, 4.69) is 22.0 Å². The maximum absolute atomic E-state index is 11.6. The number of nitrogens with zero attached hydrogens (tertiary/aromatic N) is 2. The Morgan fingerprint density at radius 2 is 2.32 bits per heavy atom. The summed E-state index contributed by atoms with van der Waals surface area (Å²) in [5, 5.41) is 14.8. The number of rotatable bonds is 3. The largest absolute Gasteiger partial charge is 0.395 e. The van der Waals surface area contributed by atoms with Gasteiger partial charge in [0.1, 0.15) is 6.33 Å². The Balaban J connectivity index is 2.41. The molecule has 0 saturated carbocycles. The van der Waals surface area contributed by atoms with Gasteiger partial charge in [-0.1, -0.05) is 18.8 Å². The van der Waals surface area contributed by atoms with E-state index in [1.54, 1.807) is 0 Å². The standard InChI is InChI=1S/C14H15N3O2/c1-2-12-9-11(5-3-4-8-18)6-7-13(12)17-10-15-16-14(17)19/h6-7,9-10,18H,2,4,8H2,1H3,(H,16,19). The van der Waals surface area contributed by atoms with Gasteiger partial charge in [0.25, 0.3) is 0 Å². The van der Waals surface area contributed by atoms with Gasteiger partial charge in [0.2, 0.25) is 0 Å². The van der Waals surface area contributed by atoms with Gasteiger partial charge in [0.15, 0.2) is 0 Å². The molecule has 0 aliphatic heterocycles. The van der Waals surface area contributed by atoms with Crippen LogP contribution in [0.1, 0.15) is 24.5 Å². The van der Waals surface area contributed by atoms with Gasteiger partial charge in [-0.25, -0.2) is 14.5 Å². The van der Waals surface area contributed by atoms with Crippen LogP contribution < -0.4 is 5.69 Å². The lowest BCUT2D eigenvalue weighted by atomic mass is 10.1. The molecule has 0 amide bonds. The fraction of sp³-hybridized carbons (Fsp3) is 0.286. The van der Waals surface area contributed by atoms with Crippen LogP contribution in [0.25, 0.3) is 5.69 Å². The SMILES string of the molecule is CCc1cc(C#CCCO)ccc1-n1cn[nH]c1=O. The van der Waals surface area contributed by atoms with Crippen molar-refractivity contribution in [3.8, 4) is 17.5 Å². The predicted molar refractivity (Wildman–Crippen MR) is 72.1 cm³/mol. The minimum Gasteiger partial charge on any atom is -0.395 e. The number of H-pyrrole nitrogens is 1. The van der Waals surface area contributed by atoms with Crippen molar-refractivity contribution in [2.75, 3.05) is 6.61 Å². The third-order valence-electron chi connectivity index (χ3n) is 2.74. The maximum atomic E-state index is 11.6. The van der Waals surface area contributed by atoms with Crippen LogP contribution in [-0.4, -0.2) is 26.5 Å². The summed E-state index contributed by atoms with van der Waals surface area (Å²) in [4.78, 5) is 11.6. The zero-order valence-corrected chi connectivity index (χ0v) is 10.7. The summed E-state index contributed by atoms with van der Waals surface area (Å²) in [6, 6.07) is 5.68. The average Bonchev–Trinajstić information content (AvgIpc) is 2.85. The highest BCUT2D eigenvalue weighted by molar-refractivity contribution is 5.48. The molecule has 0 bridgehead atoms. The zero-order valence-electron chi connectivity index (χ0n) is 10.7. The number of nitrogens with one attached hydrogen (secondary N) is 1. The Bertz CT molecular complexity index is 674. The Morgan fingerprint density at radius 3 is 2.95 bits per heavy atom. The topological polar surface area (TPSA) is 70.9 Å². The molecular weight excluding hydrogens is 242 g/mol. The number of aliphatic hydroxyl groups excluding tert-OH is 1. The minimum absolute atomic E-state index is 0.0656. The quantitative estimate of drug-likeness (QED) is 0.801. The van der Waals surface area contributed by atoms with Gasteiger partial charge >= 0.3 is 5.69 Å². The molecular formula is C14H15N3O2. The van der Waals surface area contributed by atoms with E-state index in [1.807, 2.05) is 25.1 Å². The Hall–Kier alpha value is -2.32. The van der Waals surface area contributed by atoms with E-state index in [0.717, 1.165) is 23.2 Å². The molecule has 2 rings (SSSR count). The smallest absolute Gasteiger partial charge is 0.347 e. The molecule has 0 atom stereocenters. The number of aromatic nitrogens is 3. The molecule has 0 fully saturated rings. The van der Waals surface area contributed by atoms with E-state index >= 15 is 0 Å². The van der Waals surface area contributed by atoms with Gasteiger partial charge in [0, 0.05) is 12.0 Å². The maximum Gasteiger partial charge on any atom is 0.347 e. The molecule has 98 valence electrons. The van der Waals surface area contributed by atoms with Gasteiger partial charge in [-0.2, -0.15) is 5.10 Å². The van der Waals surface area contributed by atoms with Crippen LogP contribution in [0.15, 0.2) is 29.3 Å². The minimum atomic E-state index is -0.256. The Morgan fingerprint density at radius 1 is 1.47 bits per heavy atom. The van der Waals surface area contributed by atoms with Gasteiger partial charge in [-0.3, -0.25) is 0 Å². The second-order valence-electron chi connectivity index (χ2n) is 4.00. The summed E-state index contributed by atoms with van der Waals surface area (Å²) >= 11 is 0. The first-order valence-corrected chi connectivity index (χ1v) is 6.11. The monoisotopic (exact) mass is 257 g/mol. The number of aliphatic hydroxyl groups is 1. The molecule has 1 heterocycles. The predicted octanol–water partition coefficient (Wildman–Crippen LogP) is 0.857. The van der Waals surface area contributed by atoms with Gasteiger partial charge in [-0.05, 0) is 30.2 Å². The molecule has 0 radical (unpaired) electrons. The number of hydrogen-bond donors (Lipinski definition) is 2. The summed E-state index contributed by atoms with van der Waals surface area (Å²) in [6.45, 7) is 2.09. The highest BCUT2D eigenvalue weighted by Crippen LogP contribution is 2.15. The lowest BCUT2D eigenvalue weighted by Crippen LogP contribution is -2.15. The molecule has 0 saturated heterocycles. The van der Waals surface area contributed by atoms with Crippen LogP contribution in [-0.2, 0) is 6.42 Å². The normalized spacial score (nSPS) is 10.0. The van der Waals surface area contributed by atoms with Gasteiger partial charge in [0.05, 0.1) is 12.3 Å². The highest BCUT2D eigenvalue weighted by Gasteiger charge is 2.06. The first kappa shape index (κ1) is 13.1. The molecule has 2 N–H and O–H groups in total. The van der Waals surface area contributed by atoms with Crippen LogP contribution in [0.3, 0.4) is 0 Å². The first-order valence-electron chi connectivity index (χ1n) is 6.11. The van der Waals surface area contributed by atoms with E-state index in [-0.39, 0.29) is 12.3 Å². The van der Waals surface area contributed by atoms with E-state index in [0.29, 0.717) is 6.42 Å². The summed E-state index contributed by atoms with van der Waals surface area (Å²) in [6.07, 6.45) is 2.72. The molecule has 1 aromatic heterocycles. The van der Waals surface area contributed by atoms with E-state index in [9.17, 15) is 4.79 Å². The van der Waals surface area contributed by atoms with Crippen molar-refractivity contribution < 1.29 is 5.11 Å². The van der Waals surface area contributed by atoms with Gasteiger partial charge in [-0.15, -0.1) is 0 Å². The molecule has 0 aliphatic carbocycles. The molecule has 0 spiro atoms. The number of aromatic amines is 1. The molecule has 2 aromatic rings. The molecule has 1 aromatic carbocycles. The molecule has 0 unspecified atom stereocenters. The summed E-state index contributed by atoms with van der Waals surface area (Å²) < 4.78 is 1.48. The van der Waals surface area contributed by atoms with Crippen molar-refractivity contribution in [1.82, 2.24) is 14.8 Å². The lowest BCUT2D eigenvalue weighted by Gasteiger charge is -2.07. The third kappa shape index (κ3) is 2.92. The van der Waals surface area contributed by atoms with Crippen molar-refractivity contribution in [1.29, 1.82) is 0 Å². The first-order chi connectivity index (χ1) is 9.26. The van der Waals surface area contributed by atoms with Crippen LogP contribution >= 0.6 is 0 Å². The lowest BCUT2D eigenvalue weighted by molar-refractivity contribution is 0.305. The second-order valence-corrected chi connectivity index (χ2v) is 4.00. The number of aryl methyl sites for hydroxylation is 1. The van der Waals surface area contributed by atoms with Crippen LogP contribution in [0.2, 0.25) is 0 Å². The van der Waals surface area contributed by atoms with Crippen molar-refractivity contribution in [2.24, 2.45) is 0 Å². The fourth-order valence-corrected chi connectivity index (χ4v) is 1.82. The van der Waals surface area contributed by atoms with Crippen LogP contribution in [0.4, 0.5) is 0 Å². The third-order valence-corrected chi connectivity index (χ3v) is 2.74. The van der Waals surface area contributed by atoms with E-state index in [4.69, 9.17) is 5.11 Å². The van der Waals surface area contributed by atoms with Crippen molar-refractivity contribution in [3.05, 3.63) is 46.1 Å². The van der Waals surface area contributed by atoms with Gasteiger partial charge < -0.3 is 5.11 Å². The molecule has 5 nitrogen and oxygen atoms in total. The Labute approximate surface area is 110 Å². The second kappa shape index (κ2) is 6.03. The van der Waals surface area contributed by atoms with E-state index < -0.39 is 0 Å². The highest BCUT2D eigenvalue weighted by atomic mass is 16.2. The fourth-order valence-electron chi connectivity index (χ4n) is 1.82. The van der Waals surface area contributed by atoms with Crippen LogP contribution in [0, 0.1) is 11.8 Å². The summed E-state index contributed by atoms with van der Waals surface area (Å²) in [5.41, 5.74) is 2.47. The number of hydrogen-bond acceptors (Lipinski definition) is 3. The van der Waals surface area contributed by atoms with Crippen molar-refractivity contribution >= 4 is 0 Å². The number of benzene rings is 1. The Kier molecular flexibility index (Phi) is 4.16. The molecule has 5 heteroatoms. The summed E-state index contributed by atoms with van der Waals surface area (Å²) in [7, 11) is 0. The van der Waals surface area contributed by atoms with E-state index in [1.165, 1.54) is 10.9 Å². The molecule has 0 aliphatic rings. The van der Waals surface area contributed by atoms with Crippen LogP contribution in [0.5, 0.6) is 0 Å². The average molecular weight is 257 g/mol. The summed E-state index contributed by atoms with van der Waals surface area (Å²) in [5.74, 6) is 5.87. The van der Waals surface area contributed by atoms with Crippen molar-refractivity contribution in [2.45, 2.75) is 19.8 Å². The zero-order chi connectivity index (χ0) is 13.7. The van der Waals surface area contributed by atoms with Crippen molar-refractivity contribution in [3.63, 3.8) is 0 Å².